The molecule has 1 aliphatic rings. The summed E-state index contributed by atoms with van der Waals surface area (Å²) in [6, 6.07) is 4.22. The van der Waals surface area contributed by atoms with Crippen LogP contribution in [-0.2, 0) is 21.0 Å². The molecule has 1 saturated carbocycles. The number of sulfonamides is 1. The topological polar surface area (TPSA) is 83.5 Å². The Hall–Kier alpha value is -2.13. The molecule has 1 aliphatic carbocycles. The van der Waals surface area contributed by atoms with Crippen LogP contribution in [-0.4, -0.2) is 25.5 Å². The molecule has 0 spiro atoms. The second-order valence-corrected chi connectivity index (χ2v) is 8.67. The van der Waals surface area contributed by atoms with E-state index in [9.17, 15) is 26.4 Å². The molecule has 0 aromatic heterocycles. The monoisotopic (exact) mass is 431 g/mol. The van der Waals surface area contributed by atoms with Crippen LogP contribution in [0.3, 0.4) is 0 Å². The summed E-state index contributed by atoms with van der Waals surface area (Å²) < 4.78 is 65.2. The summed E-state index contributed by atoms with van der Waals surface area (Å²) in [7, 11) is -3.77. The van der Waals surface area contributed by atoms with Gasteiger partial charge in [0, 0.05) is 17.9 Å². The van der Waals surface area contributed by atoms with Crippen molar-refractivity contribution in [1.82, 2.24) is 4.72 Å². The lowest BCUT2D eigenvalue weighted by Crippen LogP contribution is -2.31. The van der Waals surface area contributed by atoms with Gasteiger partial charge in [0.1, 0.15) is 0 Å². The number of carbonyl (C=O) groups is 1. The van der Waals surface area contributed by atoms with Crippen molar-refractivity contribution in [3.63, 3.8) is 0 Å². The number of hydrogen-bond acceptors (Lipinski definition) is 3. The van der Waals surface area contributed by atoms with Crippen molar-refractivity contribution < 1.29 is 31.5 Å². The maximum absolute atomic E-state index is 12.7. The van der Waals surface area contributed by atoms with Gasteiger partial charge in [0.05, 0.1) is 5.56 Å². The van der Waals surface area contributed by atoms with E-state index in [2.05, 4.69) is 4.72 Å². The molecule has 1 aromatic carbocycles. The van der Waals surface area contributed by atoms with E-state index in [1.807, 2.05) is 12.2 Å². The van der Waals surface area contributed by atoms with E-state index in [1.165, 1.54) is 12.1 Å². The molecule has 2 rings (SSSR count). The van der Waals surface area contributed by atoms with E-state index in [-0.39, 0.29) is 23.9 Å². The van der Waals surface area contributed by atoms with Crippen LogP contribution in [0.25, 0.3) is 6.08 Å². The average Bonchev–Trinajstić information content (AvgIpc) is 3.05. The minimum atomic E-state index is -4.49. The Morgan fingerprint density at radius 1 is 1.28 bits per heavy atom. The highest BCUT2D eigenvalue weighted by atomic mass is 32.2. The molecule has 2 unspecified atom stereocenters. The maximum Gasteiger partial charge on any atom is 0.416 e. The van der Waals surface area contributed by atoms with Crippen LogP contribution in [0.2, 0.25) is 0 Å². The van der Waals surface area contributed by atoms with Gasteiger partial charge in [-0.3, -0.25) is 4.79 Å². The summed E-state index contributed by atoms with van der Waals surface area (Å²) in [5.41, 5.74) is -0.683. The molecule has 29 heavy (non-hydrogen) atoms. The Morgan fingerprint density at radius 2 is 2.03 bits per heavy atom. The van der Waals surface area contributed by atoms with Gasteiger partial charge in [-0.25, -0.2) is 13.1 Å². The second-order valence-electron chi connectivity index (χ2n) is 7.07. The predicted octanol–water partition coefficient (Wildman–Crippen LogP) is 4.58. The fraction of sp³-hybridized carbons (Fsp3) is 0.450. The number of hydrogen-bond donors (Lipinski definition) is 2. The summed E-state index contributed by atoms with van der Waals surface area (Å²) in [5, 5.41) is 9.47. The van der Waals surface area contributed by atoms with Crippen molar-refractivity contribution in [2.75, 3.05) is 0 Å². The Morgan fingerprint density at radius 3 is 2.72 bits per heavy atom. The fourth-order valence-corrected chi connectivity index (χ4v) is 4.31. The van der Waals surface area contributed by atoms with E-state index in [0.29, 0.717) is 25.7 Å². The second kappa shape index (κ2) is 10.1. The quantitative estimate of drug-likeness (QED) is 0.443. The first-order chi connectivity index (χ1) is 13.5. The van der Waals surface area contributed by atoms with Gasteiger partial charge in [0.2, 0.25) is 10.0 Å². The van der Waals surface area contributed by atoms with Crippen molar-refractivity contribution in [2.24, 2.45) is 5.92 Å². The van der Waals surface area contributed by atoms with Crippen molar-refractivity contribution in [1.29, 1.82) is 0 Å². The third-order valence-electron chi connectivity index (χ3n) is 4.63. The lowest BCUT2D eigenvalue weighted by atomic mass is 10.1. The number of alkyl halides is 3. The van der Waals surface area contributed by atoms with Crippen molar-refractivity contribution >= 4 is 22.1 Å². The molecule has 0 amide bonds. The molecule has 0 radical (unpaired) electrons. The standard InChI is InChI=1S/C20H24F3NO4S/c21-20(22,23)17-7-4-6-16(13-17)11-12-29(27,28)24-18-10-9-15(14-18)5-2-1-3-8-19(25)26/h2,4-7,11-13,15,18,24H,1,3,8-10,14H2,(H,25,26)/b5-2+,12-11+. The molecular formula is C20H24F3NO4S. The first-order valence-electron chi connectivity index (χ1n) is 9.31. The molecule has 0 heterocycles. The van der Waals surface area contributed by atoms with E-state index in [0.717, 1.165) is 30.0 Å². The van der Waals surface area contributed by atoms with Crippen LogP contribution in [0.4, 0.5) is 13.2 Å². The summed E-state index contributed by atoms with van der Waals surface area (Å²) in [6.07, 6.45) is 4.05. The SMILES string of the molecule is O=C(O)CCC/C=C/C1CCC(NS(=O)(=O)/C=C/c2cccc(C(F)(F)F)c2)C1. The van der Waals surface area contributed by atoms with Crippen LogP contribution in [0, 0.1) is 5.92 Å². The molecule has 0 bridgehead atoms. The maximum atomic E-state index is 12.7. The van der Waals surface area contributed by atoms with Gasteiger partial charge in [0.25, 0.3) is 0 Å². The number of nitrogens with one attached hydrogen (secondary N) is 1. The first kappa shape index (κ1) is 23.2. The van der Waals surface area contributed by atoms with Crippen LogP contribution in [0.5, 0.6) is 0 Å². The molecule has 2 N–H and O–H groups in total. The van der Waals surface area contributed by atoms with E-state index >= 15 is 0 Å². The van der Waals surface area contributed by atoms with Crippen molar-refractivity contribution in [3.8, 4) is 0 Å². The van der Waals surface area contributed by atoms with Gasteiger partial charge >= 0.3 is 12.1 Å². The molecule has 0 aliphatic heterocycles. The molecular weight excluding hydrogens is 407 g/mol. The lowest BCUT2D eigenvalue weighted by molar-refractivity contribution is -0.138. The highest BCUT2D eigenvalue weighted by molar-refractivity contribution is 7.92. The molecule has 5 nitrogen and oxygen atoms in total. The lowest BCUT2D eigenvalue weighted by Gasteiger charge is -2.11. The van der Waals surface area contributed by atoms with Gasteiger partial charge < -0.3 is 5.11 Å². The summed E-state index contributed by atoms with van der Waals surface area (Å²) >= 11 is 0. The minimum Gasteiger partial charge on any atom is -0.481 e. The largest absolute Gasteiger partial charge is 0.481 e. The zero-order valence-corrected chi connectivity index (χ0v) is 16.5. The van der Waals surface area contributed by atoms with Gasteiger partial charge in [0.15, 0.2) is 0 Å². The van der Waals surface area contributed by atoms with E-state index < -0.39 is 27.7 Å². The molecule has 160 valence electrons. The third kappa shape index (κ3) is 8.41. The summed E-state index contributed by atoms with van der Waals surface area (Å²) in [6.45, 7) is 0. The number of unbranched alkanes of at least 4 members (excludes halogenated alkanes) is 1. The van der Waals surface area contributed by atoms with Crippen LogP contribution >= 0.6 is 0 Å². The molecule has 2 atom stereocenters. The van der Waals surface area contributed by atoms with Crippen LogP contribution in [0.15, 0.2) is 41.8 Å². The van der Waals surface area contributed by atoms with Gasteiger partial charge in [-0.15, -0.1) is 0 Å². The highest BCUT2D eigenvalue weighted by Gasteiger charge is 2.30. The van der Waals surface area contributed by atoms with E-state index in [1.54, 1.807) is 0 Å². The number of aliphatic carboxylic acids is 1. The highest BCUT2D eigenvalue weighted by Crippen LogP contribution is 2.30. The van der Waals surface area contributed by atoms with Crippen molar-refractivity contribution in [2.45, 2.75) is 50.7 Å². The first-order valence-corrected chi connectivity index (χ1v) is 10.9. The zero-order chi connectivity index (χ0) is 21.5. The van der Waals surface area contributed by atoms with Crippen LogP contribution < -0.4 is 4.72 Å². The normalized spacial score (nSPS) is 20.7. The Kier molecular flexibility index (Phi) is 8.04. The minimum absolute atomic E-state index is 0.121. The zero-order valence-electron chi connectivity index (χ0n) is 15.7. The number of carboxylic acids is 1. The Bertz CT molecular complexity index is 863. The van der Waals surface area contributed by atoms with Gasteiger partial charge in [-0.05, 0) is 61.8 Å². The van der Waals surface area contributed by atoms with Gasteiger partial charge in [-0.2, -0.15) is 13.2 Å². The number of carboxylic acid groups (broad SMARTS) is 1. The number of rotatable bonds is 9. The predicted molar refractivity (Wildman–Crippen MR) is 104 cm³/mol. The third-order valence-corrected chi connectivity index (χ3v) is 5.78. The molecule has 9 heteroatoms. The average molecular weight is 431 g/mol. The summed E-state index contributed by atoms with van der Waals surface area (Å²) in [4.78, 5) is 10.5. The molecule has 1 aromatic rings. The van der Waals surface area contributed by atoms with E-state index in [4.69, 9.17) is 5.11 Å². The number of halogens is 3. The Balaban J connectivity index is 1.86. The van der Waals surface area contributed by atoms with Crippen LogP contribution in [0.1, 0.15) is 49.7 Å². The molecule has 0 saturated heterocycles. The summed E-state index contributed by atoms with van der Waals surface area (Å²) in [5.74, 6) is -0.605. The number of benzene rings is 1. The Labute approximate surface area is 168 Å². The smallest absolute Gasteiger partial charge is 0.416 e. The fourth-order valence-electron chi connectivity index (χ4n) is 3.22. The van der Waals surface area contributed by atoms with Crippen molar-refractivity contribution in [3.05, 3.63) is 53.0 Å². The van der Waals surface area contributed by atoms with Gasteiger partial charge in [-0.1, -0.05) is 24.3 Å². The molecule has 1 fully saturated rings. The number of allylic oxidation sites excluding steroid dienone is 2.